The van der Waals surface area contributed by atoms with E-state index in [1.54, 1.807) is 0 Å². The second-order valence-corrected chi connectivity index (χ2v) is 4.30. The van der Waals surface area contributed by atoms with Gasteiger partial charge in [-0.2, -0.15) is 4.98 Å². The highest BCUT2D eigenvalue weighted by molar-refractivity contribution is 5.59. The zero-order valence-electron chi connectivity index (χ0n) is 10.2. The molecule has 1 aliphatic heterocycles. The van der Waals surface area contributed by atoms with Crippen molar-refractivity contribution in [1.82, 2.24) is 4.98 Å². The van der Waals surface area contributed by atoms with E-state index in [4.69, 9.17) is 10.5 Å². The van der Waals surface area contributed by atoms with Gasteiger partial charge in [-0.15, -0.1) is 0 Å². The van der Waals surface area contributed by atoms with Crippen molar-refractivity contribution in [2.75, 3.05) is 25.1 Å². The van der Waals surface area contributed by atoms with Crippen molar-refractivity contribution >= 4 is 11.5 Å². The predicted octanol–water partition coefficient (Wildman–Crippen LogP) is 0.926. The molecular formula is C11H16N4O3. The van der Waals surface area contributed by atoms with Crippen molar-refractivity contribution in [1.29, 1.82) is 0 Å². The molecule has 1 aromatic rings. The first-order valence-corrected chi connectivity index (χ1v) is 5.81. The molecule has 0 amide bonds. The number of piperidine rings is 1. The van der Waals surface area contributed by atoms with E-state index >= 15 is 0 Å². The number of ether oxygens (including phenoxy) is 1. The van der Waals surface area contributed by atoms with Crippen molar-refractivity contribution in [3.05, 3.63) is 22.2 Å². The van der Waals surface area contributed by atoms with E-state index in [-0.39, 0.29) is 11.7 Å². The molecule has 2 rings (SSSR count). The average Bonchev–Trinajstić information content (AvgIpc) is 2.38. The predicted molar refractivity (Wildman–Crippen MR) is 66.9 cm³/mol. The molecule has 0 unspecified atom stereocenters. The monoisotopic (exact) mass is 252 g/mol. The van der Waals surface area contributed by atoms with E-state index in [0.717, 1.165) is 19.4 Å². The summed E-state index contributed by atoms with van der Waals surface area (Å²) in [6.07, 6.45) is 1.85. The van der Waals surface area contributed by atoms with Gasteiger partial charge in [0.15, 0.2) is 0 Å². The molecule has 1 aliphatic rings. The van der Waals surface area contributed by atoms with Crippen LogP contribution in [0.25, 0.3) is 0 Å². The van der Waals surface area contributed by atoms with E-state index < -0.39 is 4.92 Å². The van der Waals surface area contributed by atoms with Crippen LogP contribution >= 0.6 is 0 Å². The van der Waals surface area contributed by atoms with Gasteiger partial charge in [0, 0.05) is 31.3 Å². The standard InChI is InChI=1S/C11H16N4O3/c1-18-10-5-4-9(15(16)17)11(13-10)14-6-2-3-8(12)7-14/h4-5,8H,2-3,6-7,12H2,1H3/t8-/m1/s1. The van der Waals surface area contributed by atoms with Crippen LogP contribution in [0.5, 0.6) is 5.88 Å². The maximum Gasteiger partial charge on any atom is 0.311 e. The van der Waals surface area contributed by atoms with E-state index in [9.17, 15) is 10.1 Å². The number of anilines is 1. The lowest BCUT2D eigenvalue weighted by atomic mass is 10.1. The zero-order chi connectivity index (χ0) is 13.1. The molecule has 1 saturated heterocycles. The average molecular weight is 252 g/mol. The Morgan fingerprint density at radius 3 is 3.00 bits per heavy atom. The fourth-order valence-electron chi connectivity index (χ4n) is 2.11. The van der Waals surface area contributed by atoms with Gasteiger partial charge in [-0.1, -0.05) is 0 Å². The lowest BCUT2D eigenvalue weighted by molar-refractivity contribution is -0.384. The van der Waals surface area contributed by atoms with E-state index in [0.29, 0.717) is 18.2 Å². The van der Waals surface area contributed by atoms with Crippen molar-refractivity contribution in [3.8, 4) is 5.88 Å². The molecule has 0 radical (unpaired) electrons. The van der Waals surface area contributed by atoms with Crippen LogP contribution in [-0.2, 0) is 0 Å². The second kappa shape index (κ2) is 5.18. The highest BCUT2D eigenvalue weighted by Crippen LogP contribution is 2.30. The van der Waals surface area contributed by atoms with Crippen molar-refractivity contribution < 1.29 is 9.66 Å². The number of nitro groups is 1. The normalized spacial score (nSPS) is 19.7. The summed E-state index contributed by atoms with van der Waals surface area (Å²) in [6.45, 7) is 1.32. The molecule has 2 N–H and O–H groups in total. The van der Waals surface area contributed by atoms with Gasteiger partial charge in [0.05, 0.1) is 12.0 Å². The minimum Gasteiger partial charge on any atom is -0.481 e. The van der Waals surface area contributed by atoms with Crippen LogP contribution < -0.4 is 15.4 Å². The Morgan fingerprint density at radius 2 is 2.39 bits per heavy atom. The molecular weight excluding hydrogens is 236 g/mol. The first kappa shape index (κ1) is 12.6. The quantitative estimate of drug-likeness (QED) is 0.635. The Morgan fingerprint density at radius 1 is 1.61 bits per heavy atom. The lowest BCUT2D eigenvalue weighted by Gasteiger charge is -2.31. The molecule has 1 fully saturated rings. The lowest BCUT2D eigenvalue weighted by Crippen LogP contribution is -2.43. The highest BCUT2D eigenvalue weighted by atomic mass is 16.6. The largest absolute Gasteiger partial charge is 0.481 e. The van der Waals surface area contributed by atoms with Crippen LogP contribution in [-0.4, -0.2) is 36.1 Å². The summed E-state index contributed by atoms with van der Waals surface area (Å²) >= 11 is 0. The topological polar surface area (TPSA) is 94.5 Å². The van der Waals surface area contributed by atoms with Gasteiger partial charge in [0.1, 0.15) is 0 Å². The fraction of sp³-hybridized carbons (Fsp3) is 0.545. The third-order valence-corrected chi connectivity index (χ3v) is 2.99. The number of nitrogens with zero attached hydrogens (tertiary/aromatic N) is 3. The highest BCUT2D eigenvalue weighted by Gasteiger charge is 2.25. The van der Waals surface area contributed by atoms with E-state index in [1.807, 2.05) is 4.90 Å². The van der Waals surface area contributed by atoms with Gasteiger partial charge in [-0.25, -0.2) is 0 Å². The SMILES string of the molecule is COc1ccc([N+](=O)[O-])c(N2CCC[C@@H](N)C2)n1. The summed E-state index contributed by atoms with van der Waals surface area (Å²) in [6, 6.07) is 2.94. The molecule has 1 aromatic heterocycles. The molecule has 98 valence electrons. The molecule has 2 heterocycles. The molecule has 1 atom stereocenters. The number of hydrogen-bond acceptors (Lipinski definition) is 6. The molecule has 0 bridgehead atoms. The third-order valence-electron chi connectivity index (χ3n) is 2.99. The van der Waals surface area contributed by atoms with Crippen LogP contribution in [0.1, 0.15) is 12.8 Å². The molecule has 0 aliphatic carbocycles. The number of methoxy groups -OCH3 is 1. The summed E-state index contributed by atoms with van der Waals surface area (Å²) in [5, 5.41) is 11.0. The first-order valence-electron chi connectivity index (χ1n) is 5.81. The Labute approximate surface area is 105 Å². The Balaban J connectivity index is 2.36. The van der Waals surface area contributed by atoms with Gasteiger partial charge in [-0.3, -0.25) is 10.1 Å². The second-order valence-electron chi connectivity index (χ2n) is 4.30. The minimum atomic E-state index is -0.429. The van der Waals surface area contributed by atoms with Crippen LogP contribution in [0, 0.1) is 10.1 Å². The van der Waals surface area contributed by atoms with Crippen LogP contribution in [0.3, 0.4) is 0 Å². The summed E-state index contributed by atoms with van der Waals surface area (Å²) in [5.41, 5.74) is 5.88. The van der Waals surface area contributed by atoms with Gasteiger partial charge in [0.25, 0.3) is 0 Å². The van der Waals surface area contributed by atoms with Crippen molar-refractivity contribution in [2.24, 2.45) is 5.73 Å². The Hall–Kier alpha value is -1.89. The maximum atomic E-state index is 11.0. The molecule has 7 nitrogen and oxygen atoms in total. The summed E-state index contributed by atoms with van der Waals surface area (Å²) in [7, 11) is 1.49. The molecule has 0 saturated carbocycles. The van der Waals surface area contributed by atoms with Crippen LogP contribution in [0.4, 0.5) is 11.5 Å². The first-order chi connectivity index (χ1) is 8.61. The minimum absolute atomic E-state index is 0.00935. The van der Waals surface area contributed by atoms with Gasteiger partial charge in [-0.05, 0) is 12.8 Å². The Bertz CT molecular complexity index is 452. The Kier molecular flexibility index (Phi) is 3.61. The number of hydrogen-bond donors (Lipinski definition) is 1. The van der Waals surface area contributed by atoms with Crippen LogP contribution in [0.15, 0.2) is 12.1 Å². The molecule has 0 spiro atoms. The number of rotatable bonds is 3. The van der Waals surface area contributed by atoms with Gasteiger partial charge < -0.3 is 15.4 Å². The molecule has 0 aromatic carbocycles. The van der Waals surface area contributed by atoms with Crippen molar-refractivity contribution in [3.63, 3.8) is 0 Å². The fourth-order valence-corrected chi connectivity index (χ4v) is 2.11. The zero-order valence-corrected chi connectivity index (χ0v) is 10.2. The van der Waals surface area contributed by atoms with Gasteiger partial charge >= 0.3 is 5.69 Å². The maximum absolute atomic E-state index is 11.0. The summed E-state index contributed by atoms with van der Waals surface area (Å²) in [4.78, 5) is 16.6. The van der Waals surface area contributed by atoms with E-state index in [2.05, 4.69) is 4.98 Å². The molecule has 7 heteroatoms. The van der Waals surface area contributed by atoms with E-state index in [1.165, 1.54) is 19.2 Å². The smallest absolute Gasteiger partial charge is 0.311 e. The summed E-state index contributed by atoms with van der Waals surface area (Å²) < 4.78 is 5.02. The number of pyridine rings is 1. The van der Waals surface area contributed by atoms with Crippen LogP contribution in [0.2, 0.25) is 0 Å². The number of nitrogens with two attached hydrogens (primary N) is 1. The van der Waals surface area contributed by atoms with Crippen molar-refractivity contribution in [2.45, 2.75) is 18.9 Å². The number of aromatic nitrogens is 1. The van der Waals surface area contributed by atoms with Gasteiger partial charge in [0.2, 0.25) is 11.7 Å². The molecule has 18 heavy (non-hydrogen) atoms. The summed E-state index contributed by atoms with van der Waals surface area (Å²) in [5.74, 6) is 0.712. The third kappa shape index (κ3) is 2.51.